The molecule has 25 heavy (non-hydrogen) atoms. The lowest BCUT2D eigenvalue weighted by Gasteiger charge is -2.25. The summed E-state index contributed by atoms with van der Waals surface area (Å²) in [5.74, 6) is -12.4. The summed E-state index contributed by atoms with van der Waals surface area (Å²) in [5.41, 5.74) is -2.89. The van der Waals surface area contributed by atoms with Crippen LogP contribution in [0.1, 0.15) is 26.7 Å². The van der Waals surface area contributed by atoms with Gasteiger partial charge in [0, 0.05) is 18.6 Å². The first-order chi connectivity index (χ1) is 11.6. The van der Waals surface area contributed by atoms with E-state index in [0.717, 1.165) is 7.11 Å². The Kier molecular flexibility index (Phi) is 9.55. The van der Waals surface area contributed by atoms with Crippen LogP contribution in [0.5, 0.6) is 0 Å². The molecule has 0 aliphatic heterocycles. The van der Waals surface area contributed by atoms with E-state index in [9.17, 15) is 27.2 Å². The summed E-state index contributed by atoms with van der Waals surface area (Å²) in [4.78, 5) is 23.3. The highest BCUT2D eigenvalue weighted by atomic mass is 35.5. The fourth-order valence-electron chi connectivity index (χ4n) is 1.66. The molecule has 0 aromatic carbocycles. The Labute approximate surface area is 148 Å². The zero-order valence-corrected chi connectivity index (χ0v) is 14.9. The Balaban J connectivity index is 5.86. The van der Waals surface area contributed by atoms with Crippen molar-refractivity contribution in [3.63, 3.8) is 0 Å². The minimum atomic E-state index is -4.39. The predicted octanol–water partition coefficient (Wildman–Crippen LogP) is 2.96. The van der Waals surface area contributed by atoms with Gasteiger partial charge in [-0.2, -0.15) is 17.6 Å². The van der Waals surface area contributed by atoms with Crippen molar-refractivity contribution in [3.8, 4) is 0 Å². The van der Waals surface area contributed by atoms with Crippen molar-refractivity contribution in [1.82, 2.24) is 10.6 Å². The first-order valence-corrected chi connectivity index (χ1v) is 7.91. The van der Waals surface area contributed by atoms with Crippen molar-refractivity contribution in [2.45, 2.75) is 38.5 Å². The molecule has 0 unspecified atom stereocenters. The van der Waals surface area contributed by atoms with E-state index in [1.807, 2.05) is 10.6 Å². The van der Waals surface area contributed by atoms with E-state index in [1.165, 1.54) is 0 Å². The molecule has 0 fully saturated rings. The largest absolute Gasteiger partial charge is 0.504 e. The molecule has 0 aliphatic carbocycles. The maximum absolute atomic E-state index is 14.4. The van der Waals surface area contributed by atoms with Crippen LogP contribution in [0.4, 0.5) is 17.6 Å². The van der Waals surface area contributed by atoms with Crippen LogP contribution in [0, 0.1) is 0 Å². The lowest BCUT2D eigenvalue weighted by Crippen LogP contribution is -2.47. The Morgan fingerprint density at radius 2 is 1.36 bits per heavy atom. The van der Waals surface area contributed by atoms with Crippen molar-refractivity contribution in [2.24, 2.45) is 0 Å². The van der Waals surface area contributed by atoms with E-state index in [-0.39, 0.29) is 24.9 Å². The molecule has 0 saturated carbocycles. The fourth-order valence-corrected chi connectivity index (χ4v) is 1.92. The third kappa shape index (κ3) is 5.91. The van der Waals surface area contributed by atoms with Crippen LogP contribution in [0.2, 0.25) is 0 Å². The molecule has 0 aromatic rings. The van der Waals surface area contributed by atoms with Gasteiger partial charge in [-0.1, -0.05) is 25.4 Å². The summed E-state index contributed by atoms with van der Waals surface area (Å²) in [5, 5.41) is 3.80. The number of alkyl halides is 4. The molecule has 0 aromatic heterocycles. The van der Waals surface area contributed by atoms with Crippen molar-refractivity contribution in [3.05, 3.63) is 22.9 Å². The molecular formula is C15H21ClF4N2O3. The van der Waals surface area contributed by atoms with Crippen LogP contribution >= 0.6 is 11.6 Å². The first kappa shape index (κ1) is 23.2. The van der Waals surface area contributed by atoms with Gasteiger partial charge in [0.15, 0.2) is 0 Å². The molecule has 0 radical (unpaired) electrons. The minimum Gasteiger partial charge on any atom is -0.504 e. The second kappa shape index (κ2) is 10.3. The summed E-state index contributed by atoms with van der Waals surface area (Å²) in [7, 11) is 0.932. The quantitative estimate of drug-likeness (QED) is 0.343. The number of carbonyl (C=O) groups excluding carboxylic acids is 2. The van der Waals surface area contributed by atoms with E-state index in [0.29, 0.717) is 12.8 Å². The van der Waals surface area contributed by atoms with Gasteiger partial charge in [0.2, 0.25) is 0 Å². The maximum Gasteiger partial charge on any atom is 0.353 e. The van der Waals surface area contributed by atoms with Crippen LogP contribution in [0.25, 0.3) is 0 Å². The van der Waals surface area contributed by atoms with Gasteiger partial charge in [-0.15, -0.1) is 0 Å². The number of rotatable bonds is 10. The van der Waals surface area contributed by atoms with Crippen LogP contribution in [-0.2, 0) is 14.3 Å². The van der Waals surface area contributed by atoms with Gasteiger partial charge in [-0.05, 0) is 12.8 Å². The second-order valence-corrected chi connectivity index (χ2v) is 5.17. The summed E-state index contributed by atoms with van der Waals surface area (Å²) >= 11 is 5.29. The molecule has 0 saturated heterocycles. The normalized spacial score (nSPS) is 13.4. The van der Waals surface area contributed by atoms with Gasteiger partial charge in [-0.3, -0.25) is 9.59 Å². The number of hydrogen-bond donors (Lipinski definition) is 2. The average Bonchev–Trinajstić information content (AvgIpc) is 2.56. The maximum atomic E-state index is 14.4. The highest BCUT2D eigenvalue weighted by Crippen LogP contribution is 2.39. The van der Waals surface area contributed by atoms with E-state index < -0.39 is 34.8 Å². The van der Waals surface area contributed by atoms with Crippen LogP contribution < -0.4 is 10.6 Å². The van der Waals surface area contributed by atoms with Gasteiger partial charge >= 0.3 is 11.8 Å². The minimum absolute atomic E-state index is 0.0814. The zero-order chi connectivity index (χ0) is 19.7. The smallest absolute Gasteiger partial charge is 0.353 e. The number of methoxy groups -OCH3 is 1. The zero-order valence-electron chi connectivity index (χ0n) is 14.1. The standard InChI is InChI=1S/C15H21ClF4N2O3/c1-4-6-21-12(23)14(17,18)10(8-16)11(9-25-3)15(19,20)13(24)22-7-5-2/h8-9H,4-7H2,1-3H3,(H,21,23)(H,22,24)/b10-8-,11-9-. The van der Waals surface area contributed by atoms with Crippen molar-refractivity contribution in [2.75, 3.05) is 20.2 Å². The molecule has 0 atom stereocenters. The number of hydrogen-bond acceptors (Lipinski definition) is 3. The molecule has 0 aliphatic rings. The lowest BCUT2D eigenvalue weighted by molar-refractivity contribution is -0.144. The molecule has 2 amide bonds. The molecule has 0 bridgehead atoms. The molecule has 2 N–H and O–H groups in total. The van der Waals surface area contributed by atoms with E-state index >= 15 is 0 Å². The predicted molar refractivity (Wildman–Crippen MR) is 85.5 cm³/mol. The highest BCUT2D eigenvalue weighted by Gasteiger charge is 2.53. The first-order valence-electron chi connectivity index (χ1n) is 7.48. The third-order valence-electron chi connectivity index (χ3n) is 2.95. The van der Waals surface area contributed by atoms with Gasteiger partial charge in [0.25, 0.3) is 11.8 Å². The summed E-state index contributed by atoms with van der Waals surface area (Å²) in [6.45, 7) is 3.09. The van der Waals surface area contributed by atoms with Gasteiger partial charge < -0.3 is 15.4 Å². The molecule has 0 heterocycles. The SMILES string of the molecule is CCCNC(=O)C(F)(F)C(=C\Cl)/C(=C/OC)C(F)(F)C(=O)NCCC. The number of ether oxygens (including phenoxy) is 1. The molecule has 0 spiro atoms. The number of carbonyl (C=O) groups is 2. The van der Waals surface area contributed by atoms with Crippen LogP contribution in [0.3, 0.4) is 0 Å². The lowest BCUT2D eigenvalue weighted by atomic mass is 9.95. The molecule has 10 heteroatoms. The Hall–Kier alpha value is -1.77. The van der Waals surface area contributed by atoms with Crippen molar-refractivity contribution < 1.29 is 31.9 Å². The fraction of sp³-hybridized carbons (Fsp3) is 0.600. The Morgan fingerprint density at radius 1 is 0.960 bits per heavy atom. The van der Waals surface area contributed by atoms with Crippen LogP contribution in [-0.4, -0.2) is 43.9 Å². The highest BCUT2D eigenvalue weighted by molar-refractivity contribution is 6.26. The van der Waals surface area contributed by atoms with Crippen LogP contribution in [0.15, 0.2) is 22.9 Å². The van der Waals surface area contributed by atoms with E-state index in [1.54, 1.807) is 13.8 Å². The average molecular weight is 389 g/mol. The molecule has 144 valence electrons. The Morgan fingerprint density at radius 3 is 1.68 bits per heavy atom. The van der Waals surface area contributed by atoms with Crippen molar-refractivity contribution in [1.29, 1.82) is 0 Å². The van der Waals surface area contributed by atoms with Crippen molar-refractivity contribution >= 4 is 23.4 Å². The van der Waals surface area contributed by atoms with Gasteiger partial charge in [0.05, 0.1) is 24.5 Å². The molecule has 5 nitrogen and oxygen atoms in total. The van der Waals surface area contributed by atoms with E-state index in [4.69, 9.17) is 11.6 Å². The summed E-state index contributed by atoms with van der Waals surface area (Å²) < 4.78 is 61.7. The summed E-state index contributed by atoms with van der Waals surface area (Å²) in [6, 6.07) is 0. The van der Waals surface area contributed by atoms with Gasteiger partial charge in [0.1, 0.15) is 0 Å². The second-order valence-electron chi connectivity index (χ2n) is 4.95. The molecule has 0 rings (SSSR count). The number of halogens is 5. The molecular weight excluding hydrogens is 368 g/mol. The number of nitrogens with one attached hydrogen (secondary N) is 2. The summed E-state index contributed by atoms with van der Waals surface area (Å²) in [6.07, 6.45) is 0.984. The van der Waals surface area contributed by atoms with Gasteiger partial charge in [-0.25, -0.2) is 0 Å². The topological polar surface area (TPSA) is 67.4 Å². The van der Waals surface area contributed by atoms with E-state index in [2.05, 4.69) is 4.74 Å². The Bertz CT molecular complexity index is 537. The number of amides is 2. The monoisotopic (exact) mass is 388 g/mol. The third-order valence-corrected chi connectivity index (χ3v) is 3.17.